The number of nitrogens with one attached hydrogen (secondary N) is 3. The van der Waals surface area contributed by atoms with Crippen molar-refractivity contribution in [2.24, 2.45) is 0 Å². The minimum absolute atomic E-state index is 0.0566. The number of rotatable bonds is 24. The van der Waals surface area contributed by atoms with Crippen LogP contribution in [-0.4, -0.2) is 140 Å². The highest BCUT2D eigenvalue weighted by molar-refractivity contribution is 5.97. The number of carbonyl (C=O) groups excluding carboxylic acids is 7. The van der Waals surface area contributed by atoms with Gasteiger partial charge in [0.05, 0.1) is 6.61 Å². The topological polar surface area (TPSA) is 276 Å². The molecule has 1 aliphatic rings. The van der Waals surface area contributed by atoms with E-state index in [2.05, 4.69) is 16.0 Å². The molecule has 1 fully saturated rings. The van der Waals surface area contributed by atoms with E-state index >= 15 is 0 Å². The van der Waals surface area contributed by atoms with Gasteiger partial charge in [0.25, 0.3) is 17.7 Å². The second-order valence-corrected chi connectivity index (χ2v) is 12.5. The zero-order chi connectivity index (χ0) is 39.9. The molecule has 0 saturated carbocycles. The molecule has 1 rings (SSSR count). The van der Waals surface area contributed by atoms with Gasteiger partial charge >= 0.3 is 5.97 Å². The van der Waals surface area contributed by atoms with Crippen molar-refractivity contribution in [3.63, 3.8) is 0 Å². The molecule has 8 N–H and O–H groups in total. The Morgan fingerprint density at radius 2 is 1.21 bits per heavy atom. The Kier molecular flexibility index (Phi) is 22.1. The molecule has 0 aliphatic carbocycles. The number of hydrogen-bond donors (Lipinski definition) is 8. The van der Waals surface area contributed by atoms with E-state index < -0.39 is 59.5 Å². The lowest BCUT2D eigenvalue weighted by Crippen LogP contribution is -2.61. The maximum Gasteiger partial charge on any atom is 0.328 e. The minimum Gasteiger partial charge on any atom is -0.464 e. The first-order chi connectivity index (χ1) is 25.1. The van der Waals surface area contributed by atoms with Gasteiger partial charge in [-0.2, -0.15) is 0 Å². The van der Waals surface area contributed by atoms with Gasteiger partial charge in [-0.25, -0.2) is 20.0 Å². The monoisotopic (exact) mass is 754 g/mol. The van der Waals surface area contributed by atoms with E-state index in [0.717, 1.165) is 6.08 Å². The maximum atomic E-state index is 12.5. The van der Waals surface area contributed by atoms with Crippen LogP contribution in [0.15, 0.2) is 35.5 Å². The SMILES string of the molecule is CC(=O)NC(CCCN(O)C(=O)C=C(C)CCO)C(=O)OCCC=CC(=O)N(O)CCCC1NC(=O)C(CCCN(O)C(=O)C=C(C)CCO)NC1=O. The molecule has 0 aromatic heterocycles. The summed E-state index contributed by atoms with van der Waals surface area (Å²) < 4.78 is 5.17. The Balaban J connectivity index is 2.40. The van der Waals surface area contributed by atoms with Crippen LogP contribution >= 0.6 is 0 Å². The molecule has 53 heavy (non-hydrogen) atoms. The van der Waals surface area contributed by atoms with Crippen molar-refractivity contribution in [3.05, 3.63) is 35.5 Å². The summed E-state index contributed by atoms with van der Waals surface area (Å²) in [5, 5.41) is 56.8. The molecule has 19 nitrogen and oxygen atoms in total. The molecule has 3 atom stereocenters. The summed E-state index contributed by atoms with van der Waals surface area (Å²) in [6, 6.07) is -2.80. The highest BCUT2D eigenvalue weighted by Crippen LogP contribution is 2.10. The average molecular weight is 755 g/mol. The summed E-state index contributed by atoms with van der Waals surface area (Å²) in [6.45, 7) is 3.71. The van der Waals surface area contributed by atoms with Crippen molar-refractivity contribution in [1.29, 1.82) is 0 Å². The van der Waals surface area contributed by atoms with Gasteiger partial charge in [0.1, 0.15) is 18.1 Å². The molecule has 1 heterocycles. The molecular formula is C34H54N6O13. The predicted molar refractivity (Wildman–Crippen MR) is 185 cm³/mol. The Hall–Kier alpha value is -4.69. The lowest BCUT2D eigenvalue weighted by atomic mass is 10.0. The van der Waals surface area contributed by atoms with Crippen LogP contribution in [0.3, 0.4) is 0 Å². The smallest absolute Gasteiger partial charge is 0.328 e. The summed E-state index contributed by atoms with van der Waals surface area (Å²) >= 11 is 0. The second kappa shape index (κ2) is 25.3. The van der Waals surface area contributed by atoms with Crippen LogP contribution in [-0.2, 0) is 38.3 Å². The molecule has 19 heteroatoms. The summed E-state index contributed by atoms with van der Waals surface area (Å²) in [5.41, 5.74) is 1.17. The van der Waals surface area contributed by atoms with Crippen LogP contribution in [0.5, 0.6) is 0 Å². The molecule has 3 unspecified atom stereocenters. The summed E-state index contributed by atoms with van der Waals surface area (Å²) in [4.78, 5) is 85.4. The Bertz CT molecular complexity index is 1350. The number of piperazine rings is 1. The largest absolute Gasteiger partial charge is 0.464 e. The zero-order valence-electron chi connectivity index (χ0n) is 30.5. The molecule has 1 aliphatic heterocycles. The van der Waals surface area contributed by atoms with Crippen LogP contribution < -0.4 is 16.0 Å². The number of hydroxylamine groups is 6. The van der Waals surface area contributed by atoms with Crippen LogP contribution in [0, 0.1) is 0 Å². The first-order valence-electron chi connectivity index (χ1n) is 17.4. The first-order valence-corrected chi connectivity index (χ1v) is 17.4. The van der Waals surface area contributed by atoms with Crippen LogP contribution in [0.1, 0.15) is 78.6 Å². The van der Waals surface area contributed by atoms with E-state index in [1.807, 2.05) is 0 Å². The van der Waals surface area contributed by atoms with Crippen molar-refractivity contribution in [1.82, 2.24) is 31.1 Å². The van der Waals surface area contributed by atoms with Gasteiger partial charge in [0, 0.05) is 64.4 Å². The van der Waals surface area contributed by atoms with Crippen LogP contribution in [0.2, 0.25) is 0 Å². The number of esters is 1. The van der Waals surface area contributed by atoms with Crippen molar-refractivity contribution in [2.75, 3.05) is 39.5 Å². The number of ether oxygens (including phenoxy) is 1. The number of aliphatic hydroxyl groups is 2. The second-order valence-electron chi connectivity index (χ2n) is 12.5. The molecule has 298 valence electrons. The van der Waals surface area contributed by atoms with Crippen molar-refractivity contribution in [3.8, 4) is 0 Å². The number of carbonyl (C=O) groups is 7. The van der Waals surface area contributed by atoms with Gasteiger partial charge in [0.2, 0.25) is 17.7 Å². The van der Waals surface area contributed by atoms with Gasteiger partial charge < -0.3 is 30.9 Å². The summed E-state index contributed by atoms with van der Waals surface area (Å²) in [6.07, 6.45) is 6.35. The number of hydrogen-bond acceptors (Lipinski definition) is 13. The number of aliphatic hydroxyl groups excluding tert-OH is 2. The molecule has 0 spiro atoms. The van der Waals surface area contributed by atoms with E-state index in [1.165, 1.54) is 25.2 Å². The average Bonchev–Trinajstić information content (AvgIpc) is 3.08. The molecule has 0 aromatic carbocycles. The van der Waals surface area contributed by atoms with Crippen molar-refractivity contribution in [2.45, 2.75) is 96.7 Å². The van der Waals surface area contributed by atoms with E-state index in [-0.39, 0.29) is 90.8 Å². The van der Waals surface area contributed by atoms with E-state index in [9.17, 15) is 49.2 Å². The Labute approximate surface area is 308 Å². The Morgan fingerprint density at radius 3 is 1.66 bits per heavy atom. The third-order valence-corrected chi connectivity index (χ3v) is 7.82. The fourth-order valence-electron chi connectivity index (χ4n) is 4.91. The van der Waals surface area contributed by atoms with Gasteiger partial charge in [-0.15, -0.1) is 0 Å². The number of amides is 6. The highest BCUT2D eigenvalue weighted by atomic mass is 16.5. The summed E-state index contributed by atoms with van der Waals surface area (Å²) in [7, 11) is 0. The van der Waals surface area contributed by atoms with Crippen LogP contribution in [0.25, 0.3) is 0 Å². The van der Waals surface area contributed by atoms with Crippen molar-refractivity contribution < 1.29 is 64.1 Å². The maximum absolute atomic E-state index is 12.5. The molecule has 0 aromatic rings. The van der Waals surface area contributed by atoms with Crippen LogP contribution in [0.4, 0.5) is 0 Å². The van der Waals surface area contributed by atoms with E-state index in [4.69, 9.17) is 14.9 Å². The summed E-state index contributed by atoms with van der Waals surface area (Å²) in [5.74, 6) is -4.28. The van der Waals surface area contributed by atoms with E-state index in [1.54, 1.807) is 13.8 Å². The van der Waals surface area contributed by atoms with Crippen molar-refractivity contribution >= 4 is 41.4 Å². The molecule has 0 bridgehead atoms. The van der Waals surface area contributed by atoms with Gasteiger partial charge in [-0.3, -0.25) is 44.4 Å². The quantitative estimate of drug-likeness (QED) is 0.0205. The van der Waals surface area contributed by atoms with Gasteiger partial charge in [0.15, 0.2) is 0 Å². The third kappa shape index (κ3) is 19.1. The first kappa shape index (κ1) is 46.3. The molecule has 0 radical (unpaired) electrons. The van der Waals surface area contributed by atoms with Gasteiger partial charge in [-0.1, -0.05) is 17.2 Å². The van der Waals surface area contributed by atoms with Gasteiger partial charge in [-0.05, 0) is 65.2 Å². The lowest BCUT2D eigenvalue weighted by Gasteiger charge is -2.30. The molecule has 1 saturated heterocycles. The standard InChI is InChI=1S/C34H54N6O13/c1-23(13-18-41)21-30(45)39(51)16-7-10-27-33(48)36-26(32(47)37-27)9-6-15-38(50)29(44)12-4-5-20-53-34(49)28(35-25(3)43)11-8-17-40(52)31(46)22-24(2)14-19-42/h4,12,21-22,26-28,41-42,50-52H,5-11,13-20H2,1-3H3,(H,35,43)(H,36,48)(H,37,47). The number of nitrogens with zero attached hydrogens (tertiary/aromatic N) is 3. The predicted octanol–water partition coefficient (Wildman–Crippen LogP) is -0.385. The fourth-order valence-corrected chi connectivity index (χ4v) is 4.91. The van der Waals surface area contributed by atoms with E-state index in [0.29, 0.717) is 32.8 Å². The zero-order valence-corrected chi connectivity index (χ0v) is 30.5. The third-order valence-electron chi connectivity index (χ3n) is 7.82. The molecule has 6 amide bonds. The minimum atomic E-state index is -1.05. The highest BCUT2D eigenvalue weighted by Gasteiger charge is 2.33. The fraction of sp³-hybridized carbons (Fsp3) is 0.618. The molecular weight excluding hydrogens is 700 g/mol. The normalized spacial score (nSPS) is 16.8. The Morgan fingerprint density at radius 1 is 0.755 bits per heavy atom. The lowest BCUT2D eigenvalue weighted by molar-refractivity contribution is -0.160.